The Hall–Kier alpha value is -3.34. The molecule has 0 radical (unpaired) electrons. The third kappa shape index (κ3) is 4.71. The topological polar surface area (TPSA) is 101 Å². The Labute approximate surface area is 174 Å². The number of hydrogen-bond acceptors (Lipinski definition) is 5. The molecule has 11 heteroatoms. The van der Waals surface area contributed by atoms with Crippen molar-refractivity contribution < 1.29 is 32.6 Å². The molecule has 0 aliphatic carbocycles. The molecular weight excluding hydrogens is 419 g/mol. The van der Waals surface area contributed by atoms with Crippen molar-refractivity contribution in [1.29, 1.82) is 0 Å². The van der Waals surface area contributed by atoms with E-state index in [2.05, 4.69) is 5.32 Å². The molecule has 3 rings (SSSR count). The normalized spacial score (nSPS) is 13.8. The quantitative estimate of drug-likeness (QED) is 0.712. The molecule has 0 saturated carbocycles. The van der Waals surface area contributed by atoms with E-state index in [1.165, 1.54) is 34.9 Å². The second kappa shape index (κ2) is 8.80. The van der Waals surface area contributed by atoms with Gasteiger partial charge in [0.2, 0.25) is 5.43 Å². The maximum Gasteiger partial charge on any atom is 0.416 e. The van der Waals surface area contributed by atoms with Crippen LogP contribution >= 0.6 is 0 Å². The second-order valence-corrected chi connectivity index (χ2v) is 6.93. The summed E-state index contributed by atoms with van der Waals surface area (Å²) in [4.78, 5) is 38.9. The maximum atomic E-state index is 12.8. The number of alkyl halides is 3. The number of benzene rings is 1. The smallest absolute Gasteiger partial charge is 0.416 e. The zero-order chi connectivity index (χ0) is 22.8. The Bertz CT molecular complexity index is 1070. The first kappa shape index (κ1) is 22.3. The summed E-state index contributed by atoms with van der Waals surface area (Å²) in [7, 11) is 1.48. The third-order valence-corrected chi connectivity index (χ3v) is 4.87. The summed E-state index contributed by atoms with van der Waals surface area (Å²) >= 11 is 0. The SMILES string of the molecule is COCCN1CCn2cc(C(=O)NCc3cccc(C(F)(F)F)c3)c(=O)c(O)c2C1=O. The van der Waals surface area contributed by atoms with Crippen molar-refractivity contribution in [3.63, 3.8) is 0 Å². The summed E-state index contributed by atoms with van der Waals surface area (Å²) in [6.45, 7) is 0.846. The fourth-order valence-corrected chi connectivity index (χ4v) is 3.24. The number of aromatic hydroxyl groups is 1. The Morgan fingerprint density at radius 3 is 2.68 bits per heavy atom. The fraction of sp³-hybridized carbons (Fsp3) is 0.350. The number of aromatic nitrogens is 1. The van der Waals surface area contributed by atoms with Crippen LogP contribution in [0, 0.1) is 0 Å². The molecule has 0 atom stereocenters. The first-order valence-electron chi connectivity index (χ1n) is 9.32. The van der Waals surface area contributed by atoms with Crippen LogP contribution in [-0.4, -0.2) is 53.2 Å². The lowest BCUT2D eigenvalue weighted by Gasteiger charge is -2.30. The summed E-state index contributed by atoms with van der Waals surface area (Å²) in [5.41, 5.74) is -2.33. The van der Waals surface area contributed by atoms with Crippen LogP contribution in [0.5, 0.6) is 5.75 Å². The zero-order valence-electron chi connectivity index (χ0n) is 16.5. The van der Waals surface area contributed by atoms with Gasteiger partial charge in [-0.05, 0) is 17.7 Å². The predicted octanol–water partition coefficient (Wildman–Crippen LogP) is 1.60. The van der Waals surface area contributed by atoms with Gasteiger partial charge in [0.25, 0.3) is 11.8 Å². The molecule has 1 aliphatic heterocycles. The van der Waals surface area contributed by atoms with Crippen molar-refractivity contribution in [3.8, 4) is 5.75 Å². The average Bonchev–Trinajstić information content (AvgIpc) is 2.73. The Morgan fingerprint density at radius 2 is 2.00 bits per heavy atom. The first-order chi connectivity index (χ1) is 14.6. The number of methoxy groups -OCH3 is 1. The van der Waals surface area contributed by atoms with E-state index < -0.39 is 40.3 Å². The summed E-state index contributed by atoms with van der Waals surface area (Å²) in [6, 6.07) is 4.42. The number of ether oxygens (including phenoxy) is 1. The molecule has 166 valence electrons. The van der Waals surface area contributed by atoms with Crippen molar-refractivity contribution >= 4 is 11.8 Å². The molecule has 2 amide bonds. The van der Waals surface area contributed by atoms with Crippen LogP contribution < -0.4 is 10.7 Å². The maximum absolute atomic E-state index is 12.8. The van der Waals surface area contributed by atoms with E-state index in [0.717, 1.165) is 12.1 Å². The van der Waals surface area contributed by atoms with E-state index in [-0.39, 0.29) is 37.5 Å². The van der Waals surface area contributed by atoms with Crippen molar-refractivity contribution in [1.82, 2.24) is 14.8 Å². The number of carbonyl (C=O) groups excluding carboxylic acids is 2. The van der Waals surface area contributed by atoms with Gasteiger partial charge in [0.1, 0.15) is 5.56 Å². The van der Waals surface area contributed by atoms with Crippen LogP contribution in [-0.2, 0) is 24.0 Å². The molecular formula is C20H20F3N3O5. The van der Waals surface area contributed by atoms with Gasteiger partial charge in [0.05, 0.1) is 12.2 Å². The summed E-state index contributed by atoms with van der Waals surface area (Å²) < 4.78 is 44.7. The van der Waals surface area contributed by atoms with Crippen LogP contribution in [0.1, 0.15) is 32.0 Å². The highest BCUT2D eigenvalue weighted by Crippen LogP contribution is 2.29. The highest BCUT2D eigenvalue weighted by Gasteiger charge is 2.31. The molecule has 31 heavy (non-hydrogen) atoms. The Balaban J connectivity index is 1.80. The average molecular weight is 439 g/mol. The van der Waals surface area contributed by atoms with E-state index in [0.29, 0.717) is 6.54 Å². The van der Waals surface area contributed by atoms with Crippen LogP contribution in [0.25, 0.3) is 0 Å². The molecule has 2 aromatic rings. The molecule has 8 nitrogen and oxygen atoms in total. The van der Waals surface area contributed by atoms with E-state index in [9.17, 15) is 32.7 Å². The number of nitrogens with one attached hydrogen (secondary N) is 1. The van der Waals surface area contributed by atoms with Crippen LogP contribution in [0.4, 0.5) is 13.2 Å². The molecule has 0 fully saturated rings. The minimum atomic E-state index is -4.52. The minimum Gasteiger partial charge on any atom is -0.503 e. The number of halogens is 3. The summed E-state index contributed by atoms with van der Waals surface area (Å²) in [5.74, 6) is -2.28. The van der Waals surface area contributed by atoms with E-state index in [1.54, 1.807) is 0 Å². The van der Waals surface area contributed by atoms with Crippen LogP contribution in [0.15, 0.2) is 35.3 Å². The number of fused-ring (bicyclic) bond motifs is 1. The highest BCUT2D eigenvalue weighted by atomic mass is 19.4. The predicted molar refractivity (Wildman–Crippen MR) is 103 cm³/mol. The van der Waals surface area contributed by atoms with Crippen molar-refractivity contribution in [2.24, 2.45) is 0 Å². The van der Waals surface area contributed by atoms with Crippen LogP contribution in [0.2, 0.25) is 0 Å². The van der Waals surface area contributed by atoms with Gasteiger partial charge in [0, 0.05) is 39.5 Å². The summed E-state index contributed by atoms with van der Waals surface area (Å²) in [6.07, 6.45) is -3.35. The molecule has 0 spiro atoms. The van der Waals surface area contributed by atoms with Gasteiger partial charge < -0.3 is 24.6 Å². The largest absolute Gasteiger partial charge is 0.503 e. The molecule has 1 aliphatic rings. The van der Waals surface area contributed by atoms with Gasteiger partial charge >= 0.3 is 6.18 Å². The van der Waals surface area contributed by atoms with Crippen molar-refractivity contribution in [3.05, 3.63) is 63.1 Å². The van der Waals surface area contributed by atoms with Gasteiger partial charge in [-0.25, -0.2) is 0 Å². The van der Waals surface area contributed by atoms with Gasteiger partial charge in [-0.3, -0.25) is 14.4 Å². The van der Waals surface area contributed by atoms with Gasteiger partial charge in [-0.2, -0.15) is 13.2 Å². The molecule has 0 saturated heterocycles. The lowest BCUT2D eigenvalue weighted by atomic mass is 10.1. The van der Waals surface area contributed by atoms with Crippen molar-refractivity contribution in [2.75, 3.05) is 26.8 Å². The molecule has 0 bridgehead atoms. The van der Waals surface area contributed by atoms with Gasteiger partial charge in [-0.1, -0.05) is 12.1 Å². The van der Waals surface area contributed by atoms with Gasteiger partial charge in [0.15, 0.2) is 11.4 Å². The minimum absolute atomic E-state index is 0.189. The number of amides is 2. The van der Waals surface area contributed by atoms with E-state index in [1.807, 2.05) is 0 Å². The summed E-state index contributed by atoms with van der Waals surface area (Å²) in [5, 5.41) is 12.7. The third-order valence-electron chi connectivity index (χ3n) is 4.87. The first-order valence-corrected chi connectivity index (χ1v) is 9.32. The zero-order valence-corrected chi connectivity index (χ0v) is 16.5. The highest BCUT2D eigenvalue weighted by molar-refractivity contribution is 5.99. The molecule has 1 aromatic heterocycles. The molecule has 1 aromatic carbocycles. The Kier molecular flexibility index (Phi) is 6.34. The van der Waals surface area contributed by atoms with Gasteiger partial charge in [-0.15, -0.1) is 0 Å². The molecule has 0 unspecified atom stereocenters. The number of carbonyl (C=O) groups is 2. The molecule has 2 heterocycles. The fourth-order valence-electron chi connectivity index (χ4n) is 3.24. The van der Waals surface area contributed by atoms with E-state index in [4.69, 9.17) is 4.74 Å². The monoisotopic (exact) mass is 439 g/mol. The van der Waals surface area contributed by atoms with Crippen molar-refractivity contribution in [2.45, 2.75) is 19.3 Å². The number of pyridine rings is 1. The van der Waals surface area contributed by atoms with E-state index >= 15 is 0 Å². The lowest BCUT2D eigenvalue weighted by molar-refractivity contribution is -0.137. The standard InChI is InChI=1S/C20H20F3N3O5/c1-31-8-7-25-5-6-26-11-14(16(27)17(28)15(26)19(25)30)18(29)24-10-12-3-2-4-13(9-12)20(21,22)23/h2-4,9,11,28H,5-8,10H2,1H3,(H,24,29). The Morgan fingerprint density at radius 1 is 1.26 bits per heavy atom. The van der Waals surface area contributed by atoms with Crippen LogP contribution in [0.3, 0.4) is 0 Å². The second-order valence-electron chi connectivity index (χ2n) is 6.93. The number of nitrogens with zero attached hydrogens (tertiary/aromatic N) is 2. The lowest BCUT2D eigenvalue weighted by Crippen LogP contribution is -2.44. The number of rotatable bonds is 6. The molecule has 2 N–H and O–H groups in total. The number of hydrogen-bond donors (Lipinski definition) is 2.